The van der Waals surface area contributed by atoms with Crippen molar-refractivity contribution in [3.63, 3.8) is 0 Å². The molecule has 1 aromatic carbocycles. The van der Waals surface area contributed by atoms with E-state index < -0.39 is 0 Å². The Morgan fingerprint density at radius 2 is 2.14 bits per heavy atom. The lowest BCUT2D eigenvalue weighted by Crippen LogP contribution is -2.47. The van der Waals surface area contributed by atoms with Crippen LogP contribution in [-0.2, 0) is 0 Å². The second-order valence-electron chi connectivity index (χ2n) is 5.34. The predicted molar refractivity (Wildman–Crippen MR) is 88.4 cm³/mol. The Morgan fingerprint density at radius 1 is 1.27 bits per heavy atom. The maximum Gasteiger partial charge on any atom is 0.119 e. The summed E-state index contributed by atoms with van der Waals surface area (Å²) in [5.41, 5.74) is 1.25. The SMILES string of the molecule is Clc1ccc(OCCN2CCNCC2c2cccnc2)cc1. The quantitative estimate of drug-likeness (QED) is 0.920. The molecule has 1 fully saturated rings. The van der Waals surface area contributed by atoms with Gasteiger partial charge in [0.1, 0.15) is 12.4 Å². The van der Waals surface area contributed by atoms with Gasteiger partial charge in [-0.1, -0.05) is 17.7 Å². The Kier molecular flexibility index (Phi) is 5.27. The molecule has 1 atom stereocenters. The van der Waals surface area contributed by atoms with Crippen LogP contribution in [0.3, 0.4) is 0 Å². The maximum absolute atomic E-state index is 5.88. The number of piperazine rings is 1. The number of nitrogens with one attached hydrogen (secondary N) is 1. The molecule has 1 aliphatic rings. The van der Waals surface area contributed by atoms with Crippen molar-refractivity contribution in [2.24, 2.45) is 0 Å². The Balaban J connectivity index is 1.56. The fourth-order valence-corrected chi connectivity index (χ4v) is 2.85. The number of nitrogens with zero attached hydrogens (tertiary/aromatic N) is 2. The monoisotopic (exact) mass is 317 g/mol. The average Bonchev–Trinajstić information content (AvgIpc) is 2.58. The van der Waals surface area contributed by atoms with E-state index in [1.165, 1.54) is 5.56 Å². The first kappa shape index (κ1) is 15.3. The summed E-state index contributed by atoms with van der Waals surface area (Å²) in [6.07, 6.45) is 3.76. The van der Waals surface area contributed by atoms with Gasteiger partial charge < -0.3 is 10.1 Å². The van der Waals surface area contributed by atoms with Gasteiger partial charge in [-0.05, 0) is 35.9 Å². The highest BCUT2D eigenvalue weighted by molar-refractivity contribution is 6.30. The van der Waals surface area contributed by atoms with Crippen molar-refractivity contribution in [2.45, 2.75) is 6.04 Å². The topological polar surface area (TPSA) is 37.4 Å². The van der Waals surface area contributed by atoms with Gasteiger partial charge in [-0.25, -0.2) is 0 Å². The Hall–Kier alpha value is -1.62. The average molecular weight is 318 g/mol. The molecule has 1 saturated heterocycles. The minimum absolute atomic E-state index is 0.358. The molecule has 0 aliphatic carbocycles. The molecule has 5 heteroatoms. The molecule has 22 heavy (non-hydrogen) atoms. The molecule has 1 unspecified atom stereocenters. The summed E-state index contributed by atoms with van der Waals surface area (Å²) in [5, 5.41) is 4.18. The smallest absolute Gasteiger partial charge is 0.119 e. The van der Waals surface area contributed by atoms with Crippen LogP contribution in [0.1, 0.15) is 11.6 Å². The summed E-state index contributed by atoms with van der Waals surface area (Å²) in [6, 6.07) is 12.0. The van der Waals surface area contributed by atoms with Crippen molar-refractivity contribution in [3.05, 3.63) is 59.4 Å². The highest BCUT2D eigenvalue weighted by atomic mass is 35.5. The van der Waals surface area contributed by atoms with Gasteiger partial charge in [0.05, 0.1) is 0 Å². The molecule has 1 aromatic heterocycles. The third kappa shape index (κ3) is 3.97. The standard InChI is InChI=1S/C17H20ClN3O/c18-15-3-5-16(6-4-15)22-11-10-21-9-8-20-13-17(21)14-2-1-7-19-12-14/h1-7,12,17,20H,8-11,13H2. The number of halogens is 1. The van der Waals surface area contributed by atoms with Crippen LogP contribution in [0, 0.1) is 0 Å². The van der Waals surface area contributed by atoms with Crippen molar-refractivity contribution >= 4 is 11.6 Å². The molecule has 0 amide bonds. The fourth-order valence-electron chi connectivity index (χ4n) is 2.73. The van der Waals surface area contributed by atoms with Gasteiger partial charge in [0.25, 0.3) is 0 Å². The number of aromatic nitrogens is 1. The molecule has 2 heterocycles. The van der Waals surface area contributed by atoms with Gasteiger partial charge in [0.15, 0.2) is 0 Å². The van der Waals surface area contributed by atoms with Crippen LogP contribution in [-0.4, -0.2) is 42.7 Å². The van der Waals surface area contributed by atoms with E-state index in [1.54, 1.807) is 0 Å². The summed E-state index contributed by atoms with van der Waals surface area (Å²) >= 11 is 5.88. The normalized spacial score (nSPS) is 19.0. The van der Waals surface area contributed by atoms with Crippen LogP contribution in [0.2, 0.25) is 5.02 Å². The van der Waals surface area contributed by atoms with E-state index in [1.807, 2.05) is 42.7 Å². The molecular formula is C17H20ClN3O. The molecule has 0 spiro atoms. The summed E-state index contributed by atoms with van der Waals surface area (Å²) in [6.45, 7) is 4.54. The van der Waals surface area contributed by atoms with Gasteiger partial charge in [-0.15, -0.1) is 0 Å². The van der Waals surface area contributed by atoms with Crippen molar-refractivity contribution in [1.82, 2.24) is 15.2 Å². The van der Waals surface area contributed by atoms with Crippen molar-refractivity contribution in [3.8, 4) is 5.75 Å². The van der Waals surface area contributed by atoms with Gasteiger partial charge in [0, 0.05) is 49.6 Å². The zero-order chi connectivity index (χ0) is 15.2. The van der Waals surface area contributed by atoms with Crippen LogP contribution in [0.4, 0.5) is 0 Å². The Bertz CT molecular complexity index is 576. The van der Waals surface area contributed by atoms with E-state index in [0.29, 0.717) is 12.6 Å². The summed E-state index contributed by atoms with van der Waals surface area (Å²) in [7, 11) is 0. The van der Waals surface area contributed by atoms with E-state index in [-0.39, 0.29) is 0 Å². The summed E-state index contributed by atoms with van der Waals surface area (Å²) in [4.78, 5) is 6.68. The second kappa shape index (κ2) is 7.58. The van der Waals surface area contributed by atoms with Gasteiger partial charge in [-0.2, -0.15) is 0 Å². The second-order valence-corrected chi connectivity index (χ2v) is 5.78. The molecule has 1 N–H and O–H groups in total. The lowest BCUT2D eigenvalue weighted by Gasteiger charge is -2.36. The predicted octanol–water partition coefficient (Wildman–Crippen LogP) is 2.76. The van der Waals surface area contributed by atoms with Gasteiger partial charge >= 0.3 is 0 Å². The molecule has 0 bridgehead atoms. The van der Waals surface area contributed by atoms with Crippen LogP contribution in [0.25, 0.3) is 0 Å². The first-order valence-corrected chi connectivity index (χ1v) is 7.94. The van der Waals surface area contributed by atoms with Crippen molar-refractivity contribution in [2.75, 3.05) is 32.8 Å². The van der Waals surface area contributed by atoms with E-state index in [2.05, 4.69) is 21.3 Å². The minimum atomic E-state index is 0.358. The number of rotatable bonds is 5. The molecule has 2 aromatic rings. The molecule has 0 radical (unpaired) electrons. The van der Waals surface area contributed by atoms with Crippen LogP contribution < -0.4 is 10.1 Å². The summed E-state index contributed by atoms with van der Waals surface area (Å²) < 4.78 is 5.81. The number of ether oxygens (including phenoxy) is 1. The number of pyridine rings is 1. The first-order chi connectivity index (χ1) is 10.8. The Labute approximate surface area is 136 Å². The molecule has 3 rings (SSSR count). The molecular weight excluding hydrogens is 298 g/mol. The third-order valence-corrected chi connectivity index (χ3v) is 4.14. The molecule has 1 aliphatic heterocycles. The highest BCUT2D eigenvalue weighted by Crippen LogP contribution is 2.21. The molecule has 116 valence electrons. The number of hydrogen-bond acceptors (Lipinski definition) is 4. The summed E-state index contributed by atoms with van der Waals surface area (Å²) in [5.74, 6) is 0.859. The van der Waals surface area contributed by atoms with Gasteiger partial charge in [0.2, 0.25) is 0 Å². The lowest BCUT2D eigenvalue weighted by molar-refractivity contribution is 0.134. The fraction of sp³-hybridized carbons (Fsp3) is 0.353. The van der Waals surface area contributed by atoms with E-state index in [9.17, 15) is 0 Å². The van der Waals surface area contributed by atoms with Crippen molar-refractivity contribution in [1.29, 1.82) is 0 Å². The third-order valence-electron chi connectivity index (χ3n) is 3.88. The minimum Gasteiger partial charge on any atom is -0.492 e. The maximum atomic E-state index is 5.88. The number of benzene rings is 1. The van der Waals surface area contributed by atoms with E-state index in [0.717, 1.165) is 37.0 Å². The Morgan fingerprint density at radius 3 is 2.91 bits per heavy atom. The molecule has 4 nitrogen and oxygen atoms in total. The zero-order valence-corrected chi connectivity index (χ0v) is 13.2. The van der Waals surface area contributed by atoms with Crippen molar-refractivity contribution < 1.29 is 4.74 Å². The zero-order valence-electron chi connectivity index (χ0n) is 12.4. The highest BCUT2D eigenvalue weighted by Gasteiger charge is 2.23. The van der Waals surface area contributed by atoms with Crippen LogP contribution in [0.15, 0.2) is 48.8 Å². The van der Waals surface area contributed by atoms with E-state index >= 15 is 0 Å². The van der Waals surface area contributed by atoms with Gasteiger partial charge in [-0.3, -0.25) is 9.88 Å². The van der Waals surface area contributed by atoms with Crippen LogP contribution in [0.5, 0.6) is 5.75 Å². The first-order valence-electron chi connectivity index (χ1n) is 7.56. The van der Waals surface area contributed by atoms with Crippen LogP contribution >= 0.6 is 11.6 Å². The molecule has 0 saturated carbocycles. The lowest BCUT2D eigenvalue weighted by atomic mass is 10.1. The largest absolute Gasteiger partial charge is 0.492 e. The number of hydrogen-bond donors (Lipinski definition) is 1. The van der Waals surface area contributed by atoms with E-state index in [4.69, 9.17) is 16.3 Å².